The standard InChI is InChI=1S/C13H15N3O3/c17-13(15-6-8-18-9-7-15)12-3-2-11(19-12)10-16-5-1-4-14-16/h1-5H,6-10H2. The Morgan fingerprint density at radius 3 is 2.89 bits per heavy atom. The molecule has 1 aliphatic heterocycles. The van der Waals surface area contributed by atoms with Crippen LogP contribution in [0.25, 0.3) is 0 Å². The molecule has 0 unspecified atom stereocenters. The van der Waals surface area contributed by atoms with Crippen LogP contribution in [0.4, 0.5) is 0 Å². The van der Waals surface area contributed by atoms with Crippen molar-refractivity contribution in [2.45, 2.75) is 6.54 Å². The van der Waals surface area contributed by atoms with E-state index in [0.29, 0.717) is 38.6 Å². The summed E-state index contributed by atoms with van der Waals surface area (Å²) >= 11 is 0. The predicted molar refractivity (Wildman–Crippen MR) is 66.8 cm³/mol. The Balaban J connectivity index is 1.68. The van der Waals surface area contributed by atoms with E-state index in [1.165, 1.54) is 0 Å². The summed E-state index contributed by atoms with van der Waals surface area (Å²) in [6.45, 7) is 2.95. The van der Waals surface area contributed by atoms with E-state index in [4.69, 9.17) is 9.15 Å². The summed E-state index contributed by atoms with van der Waals surface area (Å²) in [5.41, 5.74) is 0. The third-order valence-corrected chi connectivity index (χ3v) is 3.05. The highest BCUT2D eigenvalue weighted by Gasteiger charge is 2.21. The highest BCUT2D eigenvalue weighted by atomic mass is 16.5. The molecule has 1 amide bonds. The number of ether oxygens (including phenoxy) is 1. The highest BCUT2D eigenvalue weighted by molar-refractivity contribution is 5.91. The summed E-state index contributed by atoms with van der Waals surface area (Å²) < 4.78 is 12.6. The maximum Gasteiger partial charge on any atom is 0.289 e. The van der Waals surface area contributed by atoms with Crippen LogP contribution in [-0.4, -0.2) is 46.9 Å². The minimum absolute atomic E-state index is 0.0741. The van der Waals surface area contributed by atoms with Crippen LogP contribution in [0.2, 0.25) is 0 Å². The molecule has 0 radical (unpaired) electrons. The molecule has 1 aliphatic rings. The molecule has 3 rings (SSSR count). The molecule has 0 spiro atoms. The first kappa shape index (κ1) is 12.0. The second-order valence-corrected chi connectivity index (χ2v) is 4.37. The number of carbonyl (C=O) groups is 1. The summed E-state index contributed by atoms with van der Waals surface area (Å²) in [6.07, 6.45) is 3.56. The van der Waals surface area contributed by atoms with Crippen LogP contribution in [0.1, 0.15) is 16.3 Å². The van der Waals surface area contributed by atoms with Crippen molar-refractivity contribution < 1.29 is 13.9 Å². The average molecular weight is 261 g/mol. The molecule has 0 aromatic carbocycles. The van der Waals surface area contributed by atoms with Crippen molar-refractivity contribution in [2.24, 2.45) is 0 Å². The molecule has 0 N–H and O–H groups in total. The molecule has 2 aromatic heterocycles. The topological polar surface area (TPSA) is 60.5 Å². The van der Waals surface area contributed by atoms with E-state index in [2.05, 4.69) is 5.10 Å². The Morgan fingerprint density at radius 1 is 1.32 bits per heavy atom. The fourth-order valence-corrected chi connectivity index (χ4v) is 2.05. The molecule has 6 nitrogen and oxygen atoms in total. The fraction of sp³-hybridized carbons (Fsp3) is 0.385. The van der Waals surface area contributed by atoms with Gasteiger partial charge in [0.15, 0.2) is 5.76 Å². The van der Waals surface area contributed by atoms with Crippen LogP contribution in [0.5, 0.6) is 0 Å². The van der Waals surface area contributed by atoms with E-state index in [9.17, 15) is 4.79 Å². The maximum absolute atomic E-state index is 12.2. The Kier molecular flexibility index (Phi) is 3.33. The van der Waals surface area contributed by atoms with Gasteiger partial charge in [0, 0.05) is 25.5 Å². The third-order valence-electron chi connectivity index (χ3n) is 3.05. The van der Waals surface area contributed by atoms with Gasteiger partial charge >= 0.3 is 0 Å². The lowest BCUT2D eigenvalue weighted by molar-refractivity contribution is 0.0281. The highest BCUT2D eigenvalue weighted by Crippen LogP contribution is 2.13. The van der Waals surface area contributed by atoms with Gasteiger partial charge in [-0.25, -0.2) is 0 Å². The van der Waals surface area contributed by atoms with Crippen molar-refractivity contribution in [2.75, 3.05) is 26.3 Å². The molecule has 100 valence electrons. The Bertz CT molecular complexity index is 541. The lowest BCUT2D eigenvalue weighted by Gasteiger charge is -2.25. The Hall–Kier alpha value is -2.08. The first-order valence-electron chi connectivity index (χ1n) is 6.26. The van der Waals surface area contributed by atoms with E-state index in [1.807, 2.05) is 18.3 Å². The Morgan fingerprint density at radius 2 is 2.16 bits per heavy atom. The van der Waals surface area contributed by atoms with Crippen molar-refractivity contribution in [3.63, 3.8) is 0 Å². The summed E-state index contributed by atoms with van der Waals surface area (Å²) in [7, 11) is 0. The van der Waals surface area contributed by atoms with E-state index < -0.39 is 0 Å². The van der Waals surface area contributed by atoms with Gasteiger partial charge in [0.1, 0.15) is 5.76 Å². The van der Waals surface area contributed by atoms with Crippen molar-refractivity contribution >= 4 is 5.91 Å². The zero-order valence-electron chi connectivity index (χ0n) is 10.5. The monoisotopic (exact) mass is 261 g/mol. The van der Waals surface area contributed by atoms with E-state index >= 15 is 0 Å². The number of nitrogens with zero attached hydrogens (tertiary/aromatic N) is 3. The van der Waals surface area contributed by atoms with Gasteiger partial charge in [-0.2, -0.15) is 5.10 Å². The van der Waals surface area contributed by atoms with Gasteiger partial charge in [-0.05, 0) is 18.2 Å². The van der Waals surface area contributed by atoms with E-state index in [0.717, 1.165) is 5.76 Å². The number of hydrogen-bond donors (Lipinski definition) is 0. The quantitative estimate of drug-likeness (QED) is 0.827. The number of amides is 1. The second-order valence-electron chi connectivity index (χ2n) is 4.37. The van der Waals surface area contributed by atoms with Crippen LogP contribution >= 0.6 is 0 Å². The van der Waals surface area contributed by atoms with Crippen LogP contribution in [0.15, 0.2) is 35.0 Å². The number of furan rings is 1. The van der Waals surface area contributed by atoms with Gasteiger partial charge in [0.25, 0.3) is 5.91 Å². The molecule has 3 heterocycles. The number of rotatable bonds is 3. The van der Waals surface area contributed by atoms with E-state index in [-0.39, 0.29) is 5.91 Å². The summed E-state index contributed by atoms with van der Waals surface area (Å²) in [6, 6.07) is 5.38. The zero-order valence-corrected chi connectivity index (χ0v) is 10.5. The van der Waals surface area contributed by atoms with Gasteiger partial charge in [0.2, 0.25) is 0 Å². The van der Waals surface area contributed by atoms with Gasteiger partial charge in [-0.15, -0.1) is 0 Å². The lowest BCUT2D eigenvalue weighted by Crippen LogP contribution is -2.40. The second kappa shape index (κ2) is 5.27. The third kappa shape index (κ3) is 2.68. The van der Waals surface area contributed by atoms with Crippen LogP contribution in [0, 0.1) is 0 Å². The number of morpholine rings is 1. The molecule has 19 heavy (non-hydrogen) atoms. The van der Waals surface area contributed by atoms with Crippen molar-refractivity contribution in [1.82, 2.24) is 14.7 Å². The first-order valence-corrected chi connectivity index (χ1v) is 6.26. The molecule has 2 aromatic rings. The molecule has 1 fully saturated rings. The van der Waals surface area contributed by atoms with Crippen LogP contribution in [-0.2, 0) is 11.3 Å². The number of carbonyl (C=O) groups excluding carboxylic acids is 1. The minimum atomic E-state index is -0.0741. The largest absolute Gasteiger partial charge is 0.454 e. The summed E-state index contributed by atoms with van der Waals surface area (Å²) in [5.74, 6) is 1.03. The Labute approximate surface area is 110 Å². The van der Waals surface area contributed by atoms with Crippen LogP contribution < -0.4 is 0 Å². The summed E-state index contributed by atoms with van der Waals surface area (Å²) in [5, 5.41) is 4.10. The predicted octanol–water partition coefficient (Wildman–Crippen LogP) is 0.997. The normalized spacial score (nSPS) is 15.7. The summed E-state index contributed by atoms with van der Waals surface area (Å²) in [4.78, 5) is 13.9. The average Bonchev–Trinajstić information content (AvgIpc) is 3.11. The molecule has 6 heteroatoms. The van der Waals surface area contributed by atoms with Crippen molar-refractivity contribution in [1.29, 1.82) is 0 Å². The van der Waals surface area contributed by atoms with Gasteiger partial charge in [-0.1, -0.05) is 0 Å². The minimum Gasteiger partial charge on any atom is -0.454 e. The zero-order chi connectivity index (χ0) is 13.1. The van der Waals surface area contributed by atoms with Crippen LogP contribution in [0.3, 0.4) is 0 Å². The molecule has 0 aliphatic carbocycles. The smallest absolute Gasteiger partial charge is 0.289 e. The number of aromatic nitrogens is 2. The van der Waals surface area contributed by atoms with Crippen molar-refractivity contribution in [3.05, 3.63) is 42.1 Å². The first-order chi connectivity index (χ1) is 9.33. The van der Waals surface area contributed by atoms with E-state index in [1.54, 1.807) is 21.8 Å². The molecule has 0 bridgehead atoms. The van der Waals surface area contributed by atoms with Gasteiger partial charge in [0.05, 0.1) is 19.8 Å². The van der Waals surface area contributed by atoms with Gasteiger partial charge < -0.3 is 14.1 Å². The number of hydrogen-bond acceptors (Lipinski definition) is 4. The maximum atomic E-state index is 12.2. The lowest BCUT2D eigenvalue weighted by atomic mass is 10.3. The molecule has 0 atom stereocenters. The fourth-order valence-electron chi connectivity index (χ4n) is 2.05. The molecular formula is C13H15N3O3. The van der Waals surface area contributed by atoms with Gasteiger partial charge in [-0.3, -0.25) is 9.48 Å². The molecule has 0 saturated carbocycles. The molecule has 1 saturated heterocycles. The SMILES string of the molecule is O=C(c1ccc(Cn2cccn2)o1)N1CCOCC1. The molecular weight excluding hydrogens is 246 g/mol. The van der Waals surface area contributed by atoms with Crippen molar-refractivity contribution in [3.8, 4) is 0 Å².